The summed E-state index contributed by atoms with van der Waals surface area (Å²) < 4.78 is 14.8. The first kappa shape index (κ1) is 20.0. The second-order valence-electron chi connectivity index (χ2n) is 6.05. The third kappa shape index (κ3) is 4.73. The summed E-state index contributed by atoms with van der Waals surface area (Å²) in [5, 5.41) is 1.88. The van der Waals surface area contributed by atoms with E-state index in [1.165, 1.54) is 11.9 Å². The molecule has 1 aliphatic carbocycles. The van der Waals surface area contributed by atoms with Crippen molar-refractivity contribution in [3.8, 4) is 0 Å². The Hall–Kier alpha value is -2.79. The van der Waals surface area contributed by atoms with Gasteiger partial charge in [-0.05, 0) is 42.9 Å². The van der Waals surface area contributed by atoms with Crippen LogP contribution >= 0.6 is 11.9 Å². The van der Waals surface area contributed by atoms with Crippen LogP contribution in [0.4, 0.5) is 0 Å². The zero-order valence-electron chi connectivity index (χ0n) is 16.1. The van der Waals surface area contributed by atoms with E-state index >= 15 is 0 Å². The molecular weight excluding hydrogens is 370 g/mol. The Morgan fingerprint density at radius 2 is 1.54 bits per heavy atom. The zero-order chi connectivity index (χ0) is 19.8. The third-order valence-electron chi connectivity index (χ3n) is 4.22. The predicted octanol–water partition coefficient (Wildman–Crippen LogP) is 5.34. The summed E-state index contributed by atoms with van der Waals surface area (Å²) in [6.07, 6.45) is 4.63. The monoisotopic (exact) mass is 393 g/mol. The zero-order valence-corrected chi connectivity index (χ0v) is 16.9. The maximum Gasteiger partial charge on any atom is 0.264 e. The lowest BCUT2D eigenvalue weighted by Crippen LogP contribution is -2.14. The molecule has 4 rings (SSSR count). The summed E-state index contributed by atoms with van der Waals surface area (Å²) in [6, 6.07) is 15.7. The number of benzene rings is 2. The Balaban J connectivity index is 0.000000163. The average molecular weight is 394 g/mol. The van der Waals surface area contributed by atoms with Gasteiger partial charge < -0.3 is 9.47 Å². The smallest absolute Gasteiger partial charge is 0.264 e. The molecule has 2 aromatic rings. The second kappa shape index (κ2) is 9.95. The number of hydrogen-bond donors (Lipinski definition) is 0. The van der Waals surface area contributed by atoms with Gasteiger partial charge in [0.15, 0.2) is 11.5 Å². The first-order valence-corrected chi connectivity index (χ1v) is 10.1. The third-order valence-corrected chi connectivity index (χ3v) is 4.77. The van der Waals surface area contributed by atoms with Gasteiger partial charge in [0.25, 0.3) is 5.90 Å². The fourth-order valence-corrected chi connectivity index (χ4v) is 3.45. The number of ketones is 1. The van der Waals surface area contributed by atoms with Crippen LogP contribution in [-0.2, 0) is 15.9 Å². The molecule has 5 heteroatoms. The highest BCUT2D eigenvalue weighted by atomic mass is 32.2. The van der Waals surface area contributed by atoms with Gasteiger partial charge in [-0.15, -0.1) is 0 Å². The molecule has 0 saturated heterocycles. The van der Waals surface area contributed by atoms with E-state index in [9.17, 15) is 4.79 Å². The summed E-state index contributed by atoms with van der Waals surface area (Å²) in [5.41, 5.74) is 4.00. The minimum Gasteiger partial charge on any atom is -0.488 e. The van der Waals surface area contributed by atoms with Crippen molar-refractivity contribution in [2.75, 3.05) is 13.2 Å². The molecule has 2 aliphatic rings. The van der Waals surface area contributed by atoms with E-state index in [2.05, 4.69) is 4.40 Å². The van der Waals surface area contributed by atoms with Crippen LogP contribution in [0.15, 0.2) is 76.2 Å². The van der Waals surface area contributed by atoms with Crippen LogP contribution in [0.3, 0.4) is 0 Å². The Morgan fingerprint density at radius 1 is 0.929 bits per heavy atom. The summed E-state index contributed by atoms with van der Waals surface area (Å²) in [6.45, 7) is 5.08. The van der Waals surface area contributed by atoms with Crippen LogP contribution in [0.1, 0.15) is 40.9 Å². The van der Waals surface area contributed by atoms with Crippen LogP contribution in [0.2, 0.25) is 0 Å². The minimum atomic E-state index is 0.160. The van der Waals surface area contributed by atoms with Crippen LogP contribution in [0.25, 0.3) is 0 Å². The molecule has 0 amide bonds. The van der Waals surface area contributed by atoms with Crippen molar-refractivity contribution in [1.29, 1.82) is 0 Å². The van der Waals surface area contributed by atoms with Crippen molar-refractivity contribution in [3.63, 3.8) is 0 Å². The molecule has 0 atom stereocenters. The molecule has 0 saturated carbocycles. The minimum absolute atomic E-state index is 0.160. The number of carbonyl (C=O) groups excluding carboxylic acids is 1. The number of hydrogen-bond acceptors (Lipinski definition) is 5. The molecule has 0 N–H and O–H groups in total. The average Bonchev–Trinajstić information content (AvgIpc) is 2.95. The summed E-state index contributed by atoms with van der Waals surface area (Å²) in [5.74, 6) is 1.43. The summed E-state index contributed by atoms with van der Waals surface area (Å²) in [4.78, 5) is 12.1. The molecule has 28 heavy (non-hydrogen) atoms. The predicted molar refractivity (Wildman–Crippen MR) is 115 cm³/mol. The van der Waals surface area contributed by atoms with Gasteiger partial charge in [0.05, 0.1) is 13.2 Å². The number of allylic oxidation sites excluding steroid dienone is 2. The highest BCUT2D eigenvalue weighted by Gasteiger charge is 2.21. The first-order chi connectivity index (χ1) is 13.7. The van der Waals surface area contributed by atoms with Gasteiger partial charge in [-0.2, -0.15) is 4.40 Å². The van der Waals surface area contributed by atoms with Crippen molar-refractivity contribution in [2.45, 2.75) is 20.3 Å². The van der Waals surface area contributed by atoms with Crippen molar-refractivity contribution >= 4 is 23.6 Å². The lowest BCUT2D eigenvalue weighted by atomic mass is 9.85. The van der Waals surface area contributed by atoms with Crippen LogP contribution in [-0.4, -0.2) is 24.9 Å². The Labute approximate surface area is 170 Å². The number of rotatable bonds is 3. The topological polar surface area (TPSA) is 47.9 Å². The molecule has 0 fully saturated rings. The number of fused-ring (bicyclic) bond motifs is 2. The maximum absolute atomic E-state index is 12.1. The van der Waals surface area contributed by atoms with Crippen LogP contribution in [0.5, 0.6) is 0 Å². The van der Waals surface area contributed by atoms with Crippen LogP contribution < -0.4 is 0 Å². The Bertz CT molecular complexity index is 883. The fourth-order valence-electron chi connectivity index (χ4n) is 3.00. The number of carbonyl (C=O) groups is 1. The molecule has 0 aromatic heterocycles. The quantitative estimate of drug-likeness (QED) is 0.564. The molecule has 1 aliphatic heterocycles. The number of ether oxygens (including phenoxy) is 2. The molecule has 0 spiro atoms. The van der Waals surface area contributed by atoms with Crippen molar-refractivity contribution in [1.82, 2.24) is 0 Å². The molecule has 2 aromatic carbocycles. The lowest BCUT2D eigenvalue weighted by Gasteiger charge is -2.17. The first-order valence-electron chi connectivity index (χ1n) is 9.31. The molecule has 0 bridgehead atoms. The van der Waals surface area contributed by atoms with Gasteiger partial charge in [-0.1, -0.05) is 54.6 Å². The van der Waals surface area contributed by atoms with Crippen molar-refractivity contribution < 1.29 is 14.3 Å². The van der Waals surface area contributed by atoms with Gasteiger partial charge >= 0.3 is 0 Å². The van der Waals surface area contributed by atoms with E-state index in [1.54, 1.807) is 0 Å². The molecule has 0 unspecified atom stereocenters. The highest BCUT2D eigenvalue weighted by molar-refractivity contribution is 8.01. The lowest BCUT2D eigenvalue weighted by molar-refractivity contribution is 0.103. The maximum atomic E-state index is 12.1. The number of nitrogens with zero attached hydrogens (tertiary/aromatic N) is 1. The van der Waals surface area contributed by atoms with Crippen molar-refractivity contribution in [2.24, 2.45) is 4.40 Å². The van der Waals surface area contributed by atoms with Gasteiger partial charge in [-0.3, -0.25) is 4.79 Å². The molecule has 144 valence electrons. The van der Waals surface area contributed by atoms with E-state index in [-0.39, 0.29) is 5.78 Å². The molecule has 1 heterocycles. The largest absolute Gasteiger partial charge is 0.488 e. The standard InChI is InChI=1S/C14H10O.C9H13NO2S/c15-14-12-7-3-1-5-10(12)9-11-6-2-4-8-13(11)14;1-3-11-8-6-5-7-13-10-9(8)12-4-2/h1-8H,9H2;5-7H,3-4H2,1-2H3. The Morgan fingerprint density at radius 3 is 2.14 bits per heavy atom. The van der Waals surface area contributed by atoms with Gasteiger partial charge in [0.1, 0.15) is 0 Å². The summed E-state index contributed by atoms with van der Waals surface area (Å²) >= 11 is 1.34. The van der Waals surface area contributed by atoms with E-state index < -0.39 is 0 Å². The molecular formula is C23H23NO3S. The van der Waals surface area contributed by atoms with Crippen molar-refractivity contribution in [3.05, 3.63) is 94.1 Å². The van der Waals surface area contributed by atoms with Gasteiger partial charge in [-0.25, -0.2) is 0 Å². The molecule has 4 nitrogen and oxygen atoms in total. The Kier molecular flexibility index (Phi) is 7.09. The highest BCUT2D eigenvalue weighted by Crippen LogP contribution is 2.26. The fraction of sp³-hybridized carbons (Fsp3) is 0.217. The SMILES string of the molecule is CCOC1=CC=CSN=C1OCC.O=C1c2ccccc2Cc2ccccc21. The van der Waals surface area contributed by atoms with E-state index in [4.69, 9.17) is 9.47 Å². The van der Waals surface area contributed by atoms with Gasteiger partial charge in [0.2, 0.25) is 0 Å². The normalized spacial score (nSPS) is 14.4. The van der Waals surface area contributed by atoms with E-state index in [0.29, 0.717) is 24.9 Å². The summed E-state index contributed by atoms with van der Waals surface area (Å²) in [7, 11) is 0. The molecule has 0 radical (unpaired) electrons. The second-order valence-corrected chi connectivity index (χ2v) is 6.71. The van der Waals surface area contributed by atoms with Gasteiger partial charge in [0, 0.05) is 23.1 Å². The van der Waals surface area contributed by atoms with Crippen LogP contribution in [0, 0.1) is 0 Å². The van der Waals surface area contributed by atoms with E-state index in [1.807, 2.05) is 79.9 Å². The van der Waals surface area contributed by atoms with E-state index in [0.717, 1.165) is 28.7 Å².